The molecule has 0 spiro atoms. The first-order valence-electron chi connectivity index (χ1n) is 12.8. The van der Waals surface area contributed by atoms with Crippen molar-refractivity contribution in [3.05, 3.63) is 57.6 Å². The molecule has 0 heterocycles. The Morgan fingerprint density at radius 3 is 1.06 bits per heavy atom. The van der Waals surface area contributed by atoms with Gasteiger partial charge in [0.1, 0.15) is 0 Å². The van der Waals surface area contributed by atoms with Crippen LogP contribution in [0, 0.1) is 13.8 Å². The Bertz CT molecular complexity index is 983. The summed E-state index contributed by atoms with van der Waals surface area (Å²) in [6, 6.07) is 8.82. The molecule has 0 aromatic heterocycles. The summed E-state index contributed by atoms with van der Waals surface area (Å²) in [6.07, 6.45) is 0. The van der Waals surface area contributed by atoms with E-state index in [1.165, 1.54) is 11.1 Å². The van der Waals surface area contributed by atoms with Gasteiger partial charge in [-0.15, -0.1) is 0 Å². The summed E-state index contributed by atoms with van der Waals surface area (Å²) in [4.78, 5) is 11.6. The molecule has 0 saturated heterocycles. The Hall–Kier alpha value is -1.57. The van der Waals surface area contributed by atoms with Crippen LogP contribution in [0.25, 0.3) is 0 Å². The summed E-state index contributed by atoms with van der Waals surface area (Å²) < 4.78 is 12.9. The topological polar surface area (TPSA) is 38.7 Å². The predicted octanol–water partition coefficient (Wildman–Crippen LogP) is 9.07. The molecule has 0 amide bonds. The van der Waals surface area contributed by atoms with Crippen LogP contribution in [-0.4, -0.2) is 11.6 Å². The Morgan fingerprint density at radius 1 is 0.543 bits per heavy atom. The van der Waals surface area contributed by atoms with Crippen LogP contribution < -0.4 is 9.05 Å². The third-order valence-electron chi connectivity index (χ3n) is 6.48. The summed E-state index contributed by atoms with van der Waals surface area (Å²) in [7, 11) is -3.59. The van der Waals surface area contributed by atoms with Crippen LogP contribution in [0.4, 0.5) is 0 Å². The van der Waals surface area contributed by atoms with Gasteiger partial charge in [-0.2, -0.15) is 0 Å². The van der Waals surface area contributed by atoms with Crippen molar-refractivity contribution >= 4 is 7.94 Å². The normalized spacial score (nSPS) is 14.2. The van der Waals surface area contributed by atoms with Crippen LogP contribution >= 0.6 is 7.94 Å². The fourth-order valence-corrected chi connectivity index (χ4v) is 5.54. The summed E-state index contributed by atoms with van der Waals surface area (Å²) in [5.41, 5.74) is 6.50. The quantitative estimate of drug-likeness (QED) is 0.424. The first-order valence-corrected chi connectivity index (χ1v) is 15.1. The molecule has 0 unspecified atom stereocenters. The maximum absolute atomic E-state index is 11.6. The van der Waals surface area contributed by atoms with Crippen LogP contribution in [0.2, 0.25) is 0 Å². The van der Waals surface area contributed by atoms with Crippen molar-refractivity contribution in [3.8, 4) is 11.5 Å². The van der Waals surface area contributed by atoms with Gasteiger partial charge in [-0.3, -0.25) is 0 Å². The summed E-state index contributed by atoms with van der Waals surface area (Å²) in [6.45, 7) is 32.3. The average molecular weight is 503 g/mol. The molecule has 0 saturated carbocycles. The van der Waals surface area contributed by atoms with Gasteiger partial charge in [0.05, 0.1) is 0 Å². The molecule has 1 N–H and O–H groups in total. The van der Waals surface area contributed by atoms with Gasteiger partial charge in [-0.05, 0) is 0 Å². The van der Waals surface area contributed by atoms with E-state index in [0.29, 0.717) is 0 Å². The molecule has 0 aliphatic carbocycles. The number of hydrogen-bond donors (Lipinski definition) is 1. The number of benzene rings is 2. The molecule has 35 heavy (non-hydrogen) atoms. The zero-order valence-electron chi connectivity index (χ0n) is 25.1. The van der Waals surface area contributed by atoms with E-state index in [9.17, 15) is 4.89 Å². The summed E-state index contributed by atoms with van der Waals surface area (Å²) in [5.74, 6) is 1.48. The fraction of sp³-hybridized carbons (Fsp3) is 0.613. The van der Waals surface area contributed by atoms with Crippen LogP contribution in [0.5, 0.6) is 11.5 Å². The molecule has 0 bridgehead atoms. The van der Waals surface area contributed by atoms with Gasteiger partial charge < -0.3 is 0 Å². The second-order valence-electron chi connectivity index (χ2n) is 14.4. The Balaban J connectivity index is 2.61. The molecular formula is C31H51O3P. The van der Waals surface area contributed by atoms with E-state index < -0.39 is 7.94 Å². The molecule has 0 aliphatic heterocycles. The predicted molar refractivity (Wildman–Crippen MR) is 155 cm³/mol. The molecule has 0 atom stereocenters. The van der Waals surface area contributed by atoms with Crippen molar-refractivity contribution in [2.75, 3.05) is 6.66 Å². The fourth-order valence-electron chi connectivity index (χ4n) is 4.20. The van der Waals surface area contributed by atoms with Gasteiger partial charge in [0.15, 0.2) is 0 Å². The standard InChI is InChI=1S/C31H51O3P/c1-20-16-22(28(3,4)5)18-24(30(9,10)11)26(20)33-35(15,32)34-27-21(2)17-23(29(6,7)8)19-25(27)31(12,13)14/h16-19,32,35H,1-15H3. The second kappa shape index (κ2) is 9.38. The van der Waals surface area contributed by atoms with Crippen molar-refractivity contribution in [2.24, 2.45) is 0 Å². The molecule has 3 nitrogen and oxygen atoms in total. The third-order valence-corrected chi connectivity index (χ3v) is 7.65. The van der Waals surface area contributed by atoms with Gasteiger partial charge >= 0.3 is 216 Å². The average Bonchev–Trinajstić information content (AvgIpc) is 2.60. The van der Waals surface area contributed by atoms with Crippen molar-refractivity contribution < 1.29 is 13.9 Å². The number of rotatable bonds is 4. The number of aryl methyl sites for hydroxylation is 2. The second-order valence-corrected chi connectivity index (χ2v) is 16.6. The molecule has 0 radical (unpaired) electrons. The first kappa shape index (κ1) is 29.7. The Morgan fingerprint density at radius 2 is 0.829 bits per heavy atom. The first-order chi connectivity index (χ1) is 15.4. The maximum atomic E-state index is 11.6. The number of hydrogen-bond acceptors (Lipinski definition) is 3. The van der Waals surface area contributed by atoms with E-state index in [4.69, 9.17) is 9.05 Å². The molecule has 2 aromatic rings. The van der Waals surface area contributed by atoms with Gasteiger partial charge in [0, 0.05) is 0 Å². The van der Waals surface area contributed by atoms with E-state index in [0.717, 1.165) is 33.8 Å². The van der Waals surface area contributed by atoms with Crippen LogP contribution in [0.15, 0.2) is 24.3 Å². The van der Waals surface area contributed by atoms with Gasteiger partial charge in [0.2, 0.25) is 0 Å². The van der Waals surface area contributed by atoms with E-state index in [-0.39, 0.29) is 21.7 Å². The Kier molecular flexibility index (Phi) is 7.95. The molecule has 2 rings (SSSR count). The van der Waals surface area contributed by atoms with E-state index in [1.54, 1.807) is 6.66 Å². The van der Waals surface area contributed by atoms with Crippen LogP contribution in [0.1, 0.15) is 116 Å². The van der Waals surface area contributed by atoms with E-state index in [2.05, 4.69) is 121 Å². The van der Waals surface area contributed by atoms with Crippen LogP contribution in [0.3, 0.4) is 0 Å². The Labute approximate surface area is 216 Å². The molecule has 198 valence electrons. The SMILES string of the molecule is Cc1cc(C(C)(C)C)cc(C(C)(C)C)c1O[PH](C)(O)Oc1c(C)cc(C(C)(C)C)cc1C(C)(C)C. The van der Waals surface area contributed by atoms with Crippen molar-refractivity contribution in [1.82, 2.24) is 0 Å². The summed E-state index contributed by atoms with van der Waals surface area (Å²) in [5, 5.41) is 0. The van der Waals surface area contributed by atoms with Crippen molar-refractivity contribution in [3.63, 3.8) is 0 Å². The van der Waals surface area contributed by atoms with Crippen LogP contribution in [-0.2, 0) is 21.7 Å². The zero-order valence-corrected chi connectivity index (χ0v) is 26.1. The molecule has 0 aliphatic rings. The monoisotopic (exact) mass is 502 g/mol. The van der Waals surface area contributed by atoms with Crippen molar-refractivity contribution in [1.29, 1.82) is 0 Å². The summed E-state index contributed by atoms with van der Waals surface area (Å²) >= 11 is 0. The molecular weight excluding hydrogens is 451 g/mol. The van der Waals surface area contributed by atoms with Gasteiger partial charge in [-0.25, -0.2) is 0 Å². The van der Waals surface area contributed by atoms with Gasteiger partial charge in [0.25, 0.3) is 0 Å². The van der Waals surface area contributed by atoms with E-state index >= 15 is 0 Å². The minimum atomic E-state index is -3.59. The molecule has 4 heteroatoms. The minimum absolute atomic E-state index is 0.0211. The zero-order chi connectivity index (χ0) is 27.4. The van der Waals surface area contributed by atoms with Crippen molar-refractivity contribution in [2.45, 2.75) is 119 Å². The van der Waals surface area contributed by atoms with E-state index in [1.807, 2.05) is 0 Å². The molecule has 0 fully saturated rings. The van der Waals surface area contributed by atoms with Gasteiger partial charge in [-0.1, -0.05) is 0 Å². The third kappa shape index (κ3) is 7.23. The molecule has 2 aromatic carbocycles.